The van der Waals surface area contributed by atoms with Crippen LogP contribution in [-0.2, 0) is 4.74 Å². The van der Waals surface area contributed by atoms with E-state index in [1.54, 1.807) is 13.8 Å². The van der Waals surface area contributed by atoms with Gasteiger partial charge in [0.05, 0.1) is 6.61 Å². The van der Waals surface area contributed by atoms with Gasteiger partial charge in [-0.3, -0.25) is 0 Å². The van der Waals surface area contributed by atoms with E-state index in [1.807, 2.05) is 6.92 Å². The molecule has 0 aromatic carbocycles. The Kier molecular flexibility index (Phi) is 2.81. The molecule has 4 nitrogen and oxygen atoms in total. The summed E-state index contributed by atoms with van der Waals surface area (Å²) < 4.78 is 5.48. The van der Waals surface area contributed by atoms with Crippen LogP contribution in [0.25, 0.3) is 0 Å². The van der Waals surface area contributed by atoms with Crippen LogP contribution >= 0.6 is 0 Å². The Morgan fingerprint density at radius 3 is 2.47 bits per heavy atom. The van der Waals surface area contributed by atoms with E-state index in [9.17, 15) is 0 Å². The second-order valence-electron chi connectivity index (χ2n) is 5.33. The van der Waals surface area contributed by atoms with Gasteiger partial charge in [-0.05, 0) is 13.8 Å². The van der Waals surface area contributed by atoms with Gasteiger partial charge >= 0.3 is 5.97 Å². The van der Waals surface area contributed by atoms with E-state index in [4.69, 9.17) is 14.6 Å². The number of carboxylic acids is 1. The minimum Gasteiger partial charge on any atom is -0.480 e. The monoisotopic (exact) mass is 214 g/mol. The van der Waals surface area contributed by atoms with Crippen LogP contribution in [-0.4, -0.2) is 33.9 Å². The number of nitrogens with zero attached hydrogens (tertiary/aromatic N) is 1. The zero-order chi connectivity index (χ0) is 11.9. The van der Waals surface area contributed by atoms with E-state index in [0.717, 1.165) is 0 Å². The van der Waals surface area contributed by atoms with E-state index in [1.165, 1.54) is 0 Å². The molecule has 86 valence electrons. The Balaban J connectivity index is 2.92. The minimum atomic E-state index is -0.996. The highest BCUT2D eigenvalue weighted by molar-refractivity contribution is 5.87. The standard InChI is InChI=1S/C11H19NO3/c1-7-8(15-6-10(7,2)3)12-11(4,5)9(13)14/h7H,6H2,1-5H3,(H,13,14)/p+1. The Morgan fingerprint density at radius 1 is 1.60 bits per heavy atom. The van der Waals surface area contributed by atoms with Crippen LogP contribution < -0.4 is 0 Å². The predicted molar refractivity (Wildman–Crippen MR) is 60.0 cm³/mol. The molecule has 4 heteroatoms. The first-order valence-corrected chi connectivity index (χ1v) is 5.15. The van der Waals surface area contributed by atoms with E-state index in [0.29, 0.717) is 12.5 Å². The molecule has 0 amide bonds. The summed E-state index contributed by atoms with van der Waals surface area (Å²) in [5.74, 6) is 0.109. The second-order valence-corrected chi connectivity index (χ2v) is 5.33. The number of carboxylic acid groups (broad SMARTS) is 1. The summed E-state index contributed by atoms with van der Waals surface area (Å²) in [6.45, 7) is 10.1. The summed E-state index contributed by atoms with van der Waals surface area (Å²) in [5, 5.41) is 9.07. The van der Waals surface area contributed by atoms with Gasteiger partial charge in [0.1, 0.15) is 0 Å². The third-order valence-electron chi connectivity index (χ3n) is 3.07. The molecule has 15 heavy (non-hydrogen) atoms. The van der Waals surface area contributed by atoms with Gasteiger partial charge in [0.2, 0.25) is 5.54 Å². The van der Waals surface area contributed by atoms with Crippen molar-refractivity contribution in [3.63, 3.8) is 0 Å². The van der Waals surface area contributed by atoms with E-state index in [2.05, 4.69) is 18.8 Å². The maximum atomic E-state index is 9.07. The fraction of sp³-hybridized carbons (Fsp3) is 0.818. The Morgan fingerprint density at radius 2 is 2.13 bits per heavy atom. The van der Waals surface area contributed by atoms with Gasteiger partial charge in [-0.1, -0.05) is 20.8 Å². The molecule has 2 N–H and O–H groups in total. The minimum absolute atomic E-state index is 0.0555. The Hall–Kier alpha value is -1.06. The number of hydrogen-bond acceptors (Lipinski definition) is 2. The van der Waals surface area contributed by atoms with Crippen molar-refractivity contribution in [2.45, 2.75) is 40.2 Å². The molecule has 1 unspecified atom stereocenters. The van der Waals surface area contributed by atoms with Crippen molar-refractivity contribution in [1.82, 2.24) is 0 Å². The highest BCUT2D eigenvalue weighted by Crippen LogP contribution is 2.35. The van der Waals surface area contributed by atoms with Crippen LogP contribution in [0.1, 0.15) is 34.6 Å². The van der Waals surface area contributed by atoms with Crippen molar-refractivity contribution in [2.75, 3.05) is 6.61 Å². The smallest absolute Gasteiger partial charge is 0.480 e. The fourth-order valence-corrected chi connectivity index (χ4v) is 1.30. The zero-order valence-corrected chi connectivity index (χ0v) is 10.0. The van der Waals surface area contributed by atoms with Gasteiger partial charge < -0.3 is 14.6 Å². The molecule has 0 radical (unpaired) electrons. The average Bonchev–Trinajstić information content (AvgIpc) is 2.31. The second kappa shape index (κ2) is 3.51. The maximum Gasteiger partial charge on any atom is 0.508 e. The number of rotatable bonds is 2. The molecule has 0 saturated carbocycles. The highest BCUT2D eigenvalue weighted by atomic mass is 16.5. The number of hydrogen-bond donors (Lipinski definition) is 1. The van der Waals surface area contributed by atoms with Gasteiger partial charge in [-0.15, -0.1) is 0 Å². The van der Waals surface area contributed by atoms with Crippen LogP contribution in [0.15, 0.2) is 4.99 Å². The lowest BCUT2D eigenvalue weighted by atomic mass is 9.83. The number of ether oxygens (including phenoxy) is 1. The van der Waals surface area contributed by atoms with Crippen molar-refractivity contribution < 1.29 is 14.6 Å². The average molecular weight is 214 g/mol. The van der Waals surface area contributed by atoms with Crippen molar-refractivity contribution in [3.05, 3.63) is 0 Å². The number of aliphatic hydroxyl groups excluding tert-OH is 1. The quantitative estimate of drug-likeness (QED) is 0.714. The molecule has 0 aliphatic carbocycles. The SMILES string of the molecule is CC1C(=NC(C)(C)C(O)=[OH+])OCC1(C)C. The molecule has 0 aromatic rings. The van der Waals surface area contributed by atoms with Crippen molar-refractivity contribution in [2.24, 2.45) is 16.3 Å². The summed E-state index contributed by atoms with van der Waals surface area (Å²) in [4.78, 5) is 13.3. The van der Waals surface area contributed by atoms with Gasteiger partial charge in [0.25, 0.3) is 0 Å². The highest BCUT2D eigenvalue weighted by Gasteiger charge is 2.42. The summed E-state index contributed by atoms with van der Waals surface area (Å²) in [7, 11) is 0. The Labute approximate surface area is 90.3 Å². The molecule has 1 rings (SSSR count). The van der Waals surface area contributed by atoms with Gasteiger partial charge in [-0.2, -0.15) is 0 Å². The predicted octanol–water partition coefficient (Wildman–Crippen LogP) is 1.92. The van der Waals surface area contributed by atoms with E-state index >= 15 is 0 Å². The summed E-state index contributed by atoms with van der Waals surface area (Å²) in [6.07, 6.45) is 0. The maximum absolute atomic E-state index is 9.07. The van der Waals surface area contributed by atoms with Crippen LogP contribution in [0.5, 0.6) is 0 Å². The molecule has 1 aliphatic heterocycles. The van der Waals surface area contributed by atoms with Crippen molar-refractivity contribution >= 4 is 11.9 Å². The van der Waals surface area contributed by atoms with Crippen molar-refractivity contribution in [1.29, 1.82) is 0 Å². The van der Waals surface area contributed by atoms with Gasteiger partial charge in [0, 0.05) is 11.3 Å². The number of aliphatic carboxylic acids is 1. The molecule has 0 spiro atoms. The molecule has 1 saturated heterocycles. The molecule has 0 aromatic heterocycles. The van der Waals surface area contributed by atoms with Crippen molar-refractivity contribution in [3.8, 4) is 0 Å². The lowest BCUT2D eigenvalue weighted by Gasteiger charge is -2.19. The fourth-order valence-electron chi connectivity index (χ4n) is 1.30. The van der Waals surface area contributed by atoms with Gasteiger partial charge in [-0.25, -0.2) is 4.99 Å². The third kappa shape index (κ3) is 2.30. The Bertz CT molecular complexity index is 305. The van der Waals surface area contributed by atoms with E-state index in [-0.39, 0.29) is 11.3 Å². The summed E-state index contributed by atoms with van der Waals surface area (Å²) in [5.41, 5.74) is -0.940. The summed E-state index contributed by atoms with van der Waals surface area (Å²) in [6, 6.07) is 0. The number of aliphatic imine (C=N–C) groups is 1. The zero-order valence-electron chi connectivity index (χ0n) is 10.0. The van der Waals surface area contributed by atoms with Gasteiger partial charge in [0.15, 0.2) is 5.90 Å². The first kappa shape index (κ1) is 12.0. The van der Waals surface area contributed by atoms with E-state index < -0.39 is 11.5 Å². The van der Waals surface area contributed by atoms with Crippen LogP contribution in [0, 0.1) is 11.3 Å². The van der Waals surface area contributed by atoms with Crippen LogP contribution in [0.4, 0.5) is 0 Å². The lowest BCUT2D eigenvalue weighted by molar-refractivity contribution is 0.222. The molecule has 1 aliphatic rings. The normalized spacial score (nSPS) is 27.8. The first-order chi connectivity index (χ1) is 6.67. The van der Waals surface area contributed by atoms with Crippen LogP contribution in [0.2, 0.25) is 0 Å². The molecule has 0 bridgehead atoms. The first-order valence-electron chi connectivity index (χ1n) is 5.15. The molecular weight excluding hydrogens is 194 g/mol. The molecule has 1 fully saturated rings. The third-order valence-corrected chi connectivity index (χ3v) is 3.07. The van der Waals surface area contributed by atoms with Crippen LogP contribution in [0.3, 0.4) is 0 Å². The summed E-state index contributed by atoms with van der Waals surface area (Å²) >= 11 is 0. The molecular formula is C11H20NO3+. The molecule has 1 heterocycles. The molecule has 1 atom stereocenters. The topological polar surface area (TPSA) is 63.2 Å². The largest absolute Gasteiger partial charge is 0.508 e. The lowest BCUT2D eigenvalue weighted by Crippen LogP contribution is -2.32.